The third-order valence-electron chi connectivity index (χ3n) is 2.42. The highest BCUT2D eigenvalue weighted by molar-refractivity contribution is 5.90. The van der Waals surface area contributed by atoms with Gasteiger partial charge in [0.1, 0.15) is 23.5 Å². The molecule has 3 N–H and O–H groups in total. The lowest BCUT2D eigenvalue weighted by Crippen LogP contribution is -2.27. The van der Waals surface area contributed by atoms with Crippen LogP contribution in [0.3, 0.4) is 0 Å². The number of aliphatic hydroxyl groups excluding tert-OH is 1. The molecule has 148 valence electrons. The van der Waals surface area contributed by atoms with Crippen LogP contribution in [0.4, 0.5) is 10.5 Å². The van der Waals surface area contributed by atoms with Crippen molar-refractivity contribution in [2.75, 3.05) is 11.9 Å². The molecular formula is C17H28N2O7. The van der Waals surface area contributed by atoms with Gasteiger partial charge in [-0.2, -0.15) is 0 Å². The zero-order chi connectivity index (χ0) is 20.7. The number of ether oxygens (including phenoxy) is 2. The fourth-order valence-corrected chi connectivity index (χ4v) is 1.64. The van der Waals surface area contributed by atoms with E-state index >= 15 is 0 Å². The highest BCUT2D eigenvalue weighted by Gasteiger charge is 2.18. The summed E-state index contributed by atoms with van der Waals surface area (Å²) in [6, 6.07) is 1.37. The van der Waals surface area contributed by atoms with E-state index in [4.69, 9.17) is 19.7 Å². The molecule has 9 heteroatoms. The van der Waals surface area contributed by atoms with Gasteiger partial charge in [0.05, 0.1) is 5.69 Å². The zero-order valence-electron chi connectivity index (χ0n) is 16.2. The highest BCUT2D eigenvalue weighted by Crippen LogP contribution is 2.15. The summed E-state index contributed by atoms with van der Waals surface area (Å²) in [5.74, 6) is -1.63. The summed E-state index contributed by atoms with van der Waals surface area (Å²) in [6.07, 6.45) is 0.896. The van der Waals surface area contributed by atoms with Crippen LogP contribution >= 0.6 is 0 Å². The van der Waals surface area contributed by atoms with E-state index in [2.05, 4.69) is 5.32 Å². The first-order valence-electron chi connectivity index (χ1n) is 7.87. The number of hydrogen-bond acceptors (Lipinski definition) is 6. The number of anilines is 1. The van der Waals surface area contributed by atoms with Crippen LogP contribution in [0, 0.1) is 0 Å². The van der Waals surface area contributed by atoms with Crippen molar-refractivity contribution in [3.63, 3.8) is 0 Å². The Morgan fingerprint density at radius 1 is 1.08 bits per heavy atom. The molecule has 0 aliphatic heterocycles. The molecule has 0 spiro atoms. The summed E-state index contributed by atoms with van der Waals surface area (Å²) in [7, 11) is 1.59. The van der Waals surface area contributed by atoms with Gasteiger partial charge in [-0.15, -0.1) is 0 Å². The third kappa shape index (κ3) is 10.3. The van der Waals surface area contributed by atoms with Crippen LogP contribution in [0.15, 0.2) is 12.3 Å². The molecule has 0 saturated heterocycles. The normalized spacial score (nSPS) is 11.1. The summed E-state index contributed by atoms with van der Waals surface area (Å²) >= 11 is 0. The third-order valence-corrected chi connectivity index (χ3v) is 2.42. The second kappa shape index (κ2) is 9.23. The van der Waals surface area contributed by atoms with Crippen LogP contribution in [-0.2, 0) is 21.3 Å². The molecule has 0 radical (unpaired) electrons. The summed E-state index contributed by atoms with van der Waals surface area (Å²) in [6.45, 7) is 9.96. The number of carboxylic acids is 1. The number of aromatic carboxylic acids is 1. The molecule has 1 aromatic rings. The molecule has 26 heavy (non-hydrogen) atoms. The maximum atomic E-state index is 11.4. The molecule has 0 saturated carbocycles. The average molecular weight is 372 g/mol. The topological polar surface area (TPSA) is 127 Å². The molecule has 0 fully saturated rings. The quantitative estimate of drug-likeness (QED) is 0.695. The molecule has 1 rings (SSSR count). The predicted molar refractivity (Wildman–Crippen MR) is 95.2 cm³/mol. The van der Waals surface area contributed by atoms with Gasteiger partial charge in [0.2, 0.25) is 0 Å². The first kappa shape index (κ1) is 23.4. The summed E-state index contributed by atoms with van der Waals surface area (Å²) < 4.78 is 11.2. The predicted octanol–water partition coefficient (Wildman–Crippen LogP) is 2.39. The average Bonchev–Trinajstić information content (AvgIpc) is 2.76. The number of aliphatic hydroxyl groups is 1. The number of esters is 1. The van der Waals surface area contributed by atoms with E-state index in [1.807, 2.05) is 0 Å². The van der Waals surface area contributed by atoms with E-state index in [-0.39, 0.29) is 5.69 Å². The smallest absolute Gasteiger partial charge is 0.412 e. The fourth-order valence-electron chi connectivity index (χ4n) is 1.64. The van der Waals surface area contributed by atoms with Crippen molar-refractivity contribution >= 4 is 23.7 Å². The van der Waals surface area contributed by atoms with Crippen LogP contribution < -0.4 is 5.32 Å². The Labute approximate surface area is 152 Å². The van der Waals surface area contributed by atoms with Crippen LogP contribution in [-0.4, -0.2) is 50.6 Å². The van der Waals surface area contributed by atoms with Crippen LogP contribution in [0.25, 0.3) is 0 Å². The SMILES string of the molecule is CC(C)(C)OC(=O)CO.Cn1cc(NC(=O)OC(C)(C)C)cc1C(=O)O. The summed E-state index contributed by atoms with van der Waals surface area (Å²) in [5, 5.41) is 19.5. The first-order chi connectivity index (χ1) is 11.6. The lowest BCUT2D eigenvalue weighted by molar-refractivity contribution is -0.158. The Morgan fingerprint density at radius 2 is 1.58 bits per heavy atom. The minimum Gasteiger partial charge on any atom is -0.477 e. The number of aromatic nitrogens is 1. The molecule has 0 aliphatic carbocycles. The van der Waals surface area contributed by atoms with E-state index < -0.39 is 35.8 Å². The van der Waals surface area contributed by atoms with Crippen molar-refractivity contribution in [3.05, 3.63) is 18.0 Å². The number of hydrogen-bond donors (Lipinski definition) is 3. The number of aryl methyl sites for hydroxylation is 1. The molecule has 0 bridgehead atoms. The highest BCUT2D eigenvalue weighted by atomic mass is 16.6. The van der Waals surface area contributed by atoms with E-state index in [0.29, 0.717) is 5.69 Å². The number of carbonyl (C=O) groups excluding carboxylic acids is 2. The van der Waals surface area contributed by atoms with Gasteiger partial charge in [0.25, 0.3) is 0 Å². The Balaban J connectivity index is 0.000000590. The number of nitrogens with one attached hydrogen (secondary N) is 1. The van der Waals surface area contributed by atoms with Gasteiger partial charge in [-0.1, -0.05) is 0 Å². The first-order valence-corrected chi connectivity index (χ1v) is 7.87. The van der Waals surface area contributed by atoms with Gasteiger partial charge >= 0.3 is 18.0 Å². The van der Waals surface area contributed by atoms with Gasteiger partial charge in [0, 0.05) is 13.2 Å². The number of carboxylic acid groups (broad SMARTS) is 1. The summed E-state index contributed by atoms with van der Waals surface area (Å²) in [4.78, 5) is 32.6. The van der Waals surface area contributed by atoms with Crippen molar-refractivity contribution in [2.45, 2.75) is 52.7 Å². The van der Waals surface area contributed by atoms with Crippen LogP contribution in [0.5, 0.6) is 0 Å². The fraction of sp³-hybridized carbons (Fsp3) is 0.588. The molecule has 1 heterocycles. The number of rotatable bonds is 3. The lowest BCUT2D eigenvalue weighted by atomic mass is 10.2. The van der Waals surface area contributed by atoms with Crippen molar-refractivity contribution in [3.8, 4) is 0 Å². The van der Waals surface area contributed by atoms with Crippen molar-refractivity contribution in [2.24, 2.45) is 7.05 Å². The van der Waals surface area contributed by atoms with Crippen molar-refractivity contribution in [1.29, 1.82) is 0 Å². The van der Waals surface area contributed by atoms with Crippen LogP contribution in [0.2, 0.25) is 0 Å². The molecule has 9 nitrogen and oxygen atoms in total. The van der Waals surface area contributed by atoms with Crippen molar-refractivity contribution in [1.82, 2.24) is 4.57 Å². The Bertz CT molecular complexity index is 637. The van der Waals surface area contributed by atoms with E-state index in [1.54, 1.807) is 48.6 Å². The second-order valence-corrected chi connectivity index (χ2v) is 7.40. The lowest BCUT2D eigenvalue weighted by Gasteiger charge is -2.19. The maximum Gasteiger partial charge on any atom is 0.412 e. The zero-order valence-corrected chi connectivity index (χ0v) is 16.2. The molecule has 1 amide bonds. The monoisotopic (exact) mass is 372 g/mol. The molecule has 0 aliphatic rings. The Hall–Kier alpha value is -2.55. The minimum atomic E-state index is -1.05. The Kier molecular flexibility index (Phi) is 8.33. The summed E-state index contributed by atoms with van der Waals surface area (Å²) in [5.41, 5.74) is -0.593. The standard InChI is InChI=1S/C11H16N2O4.C6H12O3/c1-11(2,3)17-10(16)12-7-5-8(9(14)15)13(4)6-7;1-6(2,3)9-5(8)4-7/h5-6H,1-4H3,(H,12,16)(H,14,15);7H,4H2,1-3H3. The number of nitrogens with zero attached hydrogens (tertiary/aromatic N) is 1. The minimum absolute atomic E-state index is 0.0936. The largest absolute Gasteiger partial charge is 0.477 e. The van der Waals surface area contributed by atoms with Crippen molar-refractivity contribution < 1.29 is 34.1 Å². The van der Waals surface area contributed by atoms with E-state index in [0.717, 1.165) is 0 Å². The second-order valence-electron chi connectivity index (χ2n) is 7.40. The van der Waals surface area contributed by atoms with Gasteiger partial charge in [0.15, 0.2) is 0 Å². The van der Waals surface area contributed by atoms with E-state index in [1.165, 1.54) is 16.8 Å². The van der Waals surface area contributed by atoms with Crippen LogP contribution in [0.1, 0.15) is 52.0 Å². The van der Waals surface area contributed by atoms with Gasteiger partial charge in [-0.05, 0) is 47.6 Å². The molecule has 0 atom stereocenters. The molecule has 1 aromatic heterocycles. The molecule has 0 unspecified atom stereocenters. The number of amides is 1. The van der Waals surface area contributed by atoms with Gasteiger partial charge in [-0.3, -0.25) is 5.32 Å². The van der Waals surface area contributed by atoms with E-state index in [9.17, 15) is 14.4 Å². The van der Waals surface area contributed by atoms with Gasteiger partial charge in [-0.25, -0.2) is 14.4 Å². The molecule has 0 aromatic carbocycles. The van der Waals surface area contributed by atoms with Gasteiger partial charge < -0.3 is 24.3 Å². The number of carbonyl (C=O) groups is 3. The maximum absolute atomic E-state index is 11.4. The molecular weight excluding hydrogens is 344 g/mol. The Morgan fingerprint density at radius 3 is 1.88 bits per heavy atom.